The van der Waals surface area contributed by atoms with Gasteiger partial charge in [-0.25, -0.2) is 4.39 Å². The molecule has 2 heterocycles. The molecule has 6 heteroatoms. The molecule has 0 aliphatic carbocycles. The molecule has 0 N–H and O–H groups in total. The first kappa shape index (κ1) is 11.8. The summed E-state index contributed by atoms with van der Waals surface area (Å²) in [6, 6.07) is 4.41. The van der Waals surface area contributed by atoms with Crippen LogP contribution in [0.2, 0.25) is 0 Å². The van der Waals surface area contributed by atoms with Gasteiger partial charge in [-0.2, -0.15) is 4.98 Å². The molecule has 1 saturated heterocycles. The lowest BCUT2D eigenvalue weighted by molar-refractivity contribution is -0.117. The monoisotopic (exact) mass is 261 g/mol. The molecule has 1 aliphatic heterocycles. The molecule has 5 nitrogen and oxygen atoms in total. The molecule has 1 amide bonds. The molecular weight excluding hydrogens is 249 g/mol. The van der Waals surface area contributed by atoms with E-state index in [1.807, 2.05) is 0 Å². The zero-order valence-corrected chi connectivity index (χ0v) is 10.3. The molecule has 3 rings (SSSR count). The fraction of sp³-hybridized carbons (Fsp3) is 0.308. The molecule has 0 spiro atoms. The third-order valence-corrected chi connectivity index (χ3v) is 3.32. The molecule has 1 aliphatic rings. The fourth-order valence-electron chi connectivity index (χ4n) is 2.39. The number of rotatable bonds is 2. The first-order valence-electron chi connectivity index (χ1n) is 5.98. The number of carbonyl (C=O) groups excluding carboxylic acids is 1. The van der Waals surface area contributed by atoms with Crippen LogP contribution in [0.15, 0.2) is 29.1 Å². The Labute approximate surface area is 109 Å². The van der Waals surface area contributed by atoms with Gasteiger partial charge in [0, 0.05) is 24.6 Å². The Morgan fingerprint density at radius 2 is 2.32 bits per heavy atom. The van der Waals surface area contributed by atoms with Crippen LogP contribution in [0.25, 0.3) is 0 Å². The third-order valence-electron chi connectivity index (χ3n) is 3.32. The van der Waals surface area contributed by atoms with Crippen molar-refractivity contribution in [2.45, 2.75) is 19.3 Å². The number of hydrogen-bond donors (Lipinski definition) is 0. The summed E-state index contributed by atoms with van der Waals surface area (Å²) in [5.74, 6) is 0.151. The van der Waals surface area contributed by atoms with E-state index in [0.29, 0.717) is 18.8 Å². The van der Waals surface area contributed by atoms with Gasteiger partial charge in [0.15, 0.2) is 5.82 Å². The van der Waals surface area contributed by atoms with Gasteiger partial charge in [0.1, 0.15) is 5.82 Å². The van der Waals surface area contributed by atoms with Crippen molar-refractivity contribution in [2.24, 2.45) is 0 Å². The molecular formula is C13H12FN3O2. The summed E-state index contributed by atoms with van der Waals surface area (Å²) in [7, 11) is 0. The van der Waals surface area contributed by atoms with E-state index in [1.165, 1.54) is 18.5 Å². The Hall–Kier alpha value is -2.24. The van der Waals surface area contributed by atoms with Crippen LogP contribution in [0.4, 0.5) is 10.1 Å². The van der Waals surface area contributed by atoms with Gasteiger partial charge >= 0.3 is 0 Å². The second-order valence-corrected chi connectivity index (χ2v) is 4.63. The Balaban J connectivity index is 1.88. The summed E-state index contributed by atoms with van der Waals surface area (Å²) < 4.78 is 17.8. The number of amides is 1. The Morgan fingerprint density at radius 3 is 3.00 bits per heavy atom. The van der Waals surface area contributed by atoms with Crippen LogP contribution in [0, 0.1) is 12.7 Å². The largest absolute Gasteiger partial charge is 0.343 e. The maximum absolute atomic E-state index is 13.1. The van der Waals surface area contributed by atoms with Crippen molar-refractivity contribution in [2.75, 3.05) is 11.4 Å². The number of benzene rings is 1. The predicted molar refractivity (Wildman–Crippen MR) is 65.1 cm³/mol. The number of anilines is 1. The van der Waals surface area contributed by atoms with Gasteiger partial charge in [0.05, 0.1) is 0 Å². The van der Waals surface area contributed by atoms with Gasteiger partial charge in [0.25, 0.3) is 0 Å². The number of aryl methyl sites for hydroxylation is 1. The molecule has 0 bridgehead atoms. The number of nitrogens with zero attached hydrogens (tertiary/aromatic N) is 3. The molecule has 1 aromatic heterocycles. The van der Waals surface area contributed by atoms with Gasteiger partial charge in [0.2, 0.25) is 12.3 Å². The van der Waals surface area contributed by atoms with Crippen LogP contribution < -0.4 is 4.90 Å². The summed E-state index contributed by atoms with van der Waals surface area (Å²) in [6.45, 7) is 2.28. The highest BCUT2D eigenvalue weighted by atomic mass is 19.1. The Bertz CT molecular complexity index is 612. The van der Waals surface area contributed by atoms with Crippen LogP contribution in [0.5, 0.6) is 0 Å². The summed E-state index contributed by atoms with van der Waals surface area (Å²) in [6.07, 6.45) is 1.60. The van der Waals surface area contributed by atoms with E-state index in [4.69, 9.17) is 4.52 Å². The third kappa shape index (κ3) is 2.09. The second kappa shape index (κ2) is 4.46. The maximum Gasteiger partial charge on any atom is 0.227 e. The second-order valence-electron chi connectivity index (χ2n) is 4.63. The van der Waals surface area contributed by atoms with Crippen LogP contribution in [-0.2, 0) is 4.79 Å². The van der Waals surface area contributed by atoms with Crippen LogP contribution in [0.1, 0.15) is 23.7 Å². The number of aromatic nitrogens is 2. The number of carbonyl (C=O) groups is 1. The van der Waals surface area contributed by atoms with E-state index in [0.717, 1.165) is 11.3 Å². The molecule has 0 radical (unpaired) electrons. The summed E-state index contributed by atoms with van der Waals surface area (Å²) in [4.78, 5) is 17.7. The first-order chi connectivity index (χ1) is 9.15. The SMILES string of the molecule is Cc1cc(F)ccc1N1CC(c2ncon2)CC1=O. The van der Waals surface area contributed by atoms with Gasteiger partial charge in [-0.05, 0) is 30.7 Å². The van der Waals surface area contributed by atoms with Gasteiger partial charge < -0.3 is 9.42 Å². The molecule has 1 fully saturated rings. The summed E-state index contributed by atoms with van der Waals surface area (Å²) >= 11 is 0. The Kier molecular flexibility index (Phi) is 2.77. The maximum atomic E-state index is 13.1. The molecule has 1 unspecified atom stereocenters. The normalized spacial score (nSPS) is 19.2. The minimum absolute atomic E-state index is 0.00971. The Morgan fingerprint density at radius 1 is 1.47 bits per heavy atom. The molecule has 2 aromatic rings. The van der Waals surface area contributed by atoms with E-state index in [-0.39, 0.29) is 17.6 Å². The van der Waals surface area contributed by atoms with Crippen molar-refractivity contribution < 1.29 is 13.7 Å². The van der Waals surface area contributed by atoms with Crippen molar-refractivity contribution >= 4 is 11.6 Å². The standard InChI is InChI=1S/C13H12FN3O2/c1-8-4-10(14)2-3-11(8)17-6-9(5-12(17)18)13-15-7-19-16-13/h2-4,7,9H,5-6H2,1H3. The van der Waals surface area contributed by atoms with Crippen LogP contribution in [-0.4, -0.2) is 22.6 Å². The van der Waals surface area contributed by atoms with E-state index in [9.17, 15) is 9.18 Å². The lowest BCUT2D eigenvalue weighted by Crippen LogP contribution is -2.25. The lowest BCUT2D eigenvalue weighted by Gasteiger charge is -2.18. The number of halogens is 1. The van der Waals surface area contributed by atoms with E-state index >= 15 is 0 Å². The van der Waals surface area contributed by atoms with Gasteiger partial charge in [-0.3, -0.25) is 4.79 Å². The predicted octanol–water partition coefficient (Wildman–Crippen LogP) is 2.04. The van der Waals surface area contributed by atoms with Crippen LogP contribution in [0.3, 0.4) is 0 Å². The molecule has 98 valence electrons. The van der Waals surface area contributed by atoms with Crippen molar-refractivity contribution in [3.8, 4) is 0 Å². The van der Waals surface area contributed by atoms with Crippen molar-refractivity contribution in [1.82, 2.24) is 10.1 Å². The van der Waals surface area contributed by atoms with E-state index in [1.54, 1.807) is 17.9 Å². The molecule has 1 atom stereocenters. The minimum Gasteiger partial charge on any atom is -0.343 e. The van der Waals surface area contributed by atoms with Crippen molar-refractivity contribution in [1.29, 1.82) is 0 Å². The summed E-state index contributed by atoms with van der Waals surface area (Å²) in [5, 5.41) is 3.77. The minimum atomic E-state index is -0.303. The highest BCUT2D eigenvalue weighted by molar-refractivity contribution is 5.97. The molecule has 19 heavy (non-hydrogen) atoms. The fourth-order valence-corrected chi connectivity index (χ4v) is 2.39. The zero-order valence-electron chi connectivity index (χ0n) is 10.3. The molecule has 1 aromatic carbocycles. The highest BCUT2D eigenvalue weighted by Crippen LogP contribution is 2.32. The van der Waals surface area contributed by atoms with Gasteiger partial charge in [-0.1, -0.05) is 5.16 Å². The lowest BCUT2D eigenvalue weighted by atomic mass is 10.1. The smallest absolute Gasteiger partial charge is 0.227 e. The van der Waals surface area contributed by atoms with Crippen LogP contribution >= 0.6 is 0 Å². The molecule has 0 saturated carbocycles. The highest BCUT2D eigenvalue weighted by Gasteiger charge is 2.34. The van der Waals surface area contributed by atoms with E-state index in [2.05, 4.69) is 10.1 Å². The van der Waals surface area contributed by atoms with Crippen molar-refractivity contribution in [3.05, 3.63) is 41.8 Å². The number of hydrogen-bond acceptors (Lipinski definition) is 4. The first-order valence-corrected chi connectivity index (χ1v) is 5.98. The zero-order chi connectivity index (χ0) is 13.4. The van der Waals surface area contributed by atoms with Crippen molar-refractivity contribution in [3.63, 3.8) is 0 Å². The topological polar surface area (TPSA) is 59.2 Å². The summed E-state index contributed by atoms with van der Waals surface area (Å²) in [5.41, 5.74) is 1.47. The average molecular weight is 261 g/mol. The average Bonchev–Trinajstić information content (AvgIpc) is 2.98. The van der Waals surface area contributed by atoms with E-state index < -0.39 is 0 Å². The quantitative estimate of drug-likeness (QED) is 0.830. The van der Waals surface area contributed by atoms with Gasteiger partial charge in [-0.15, -0.1) is 0 Å².